The maximum atomic E-state index is 5.43. The Morgan fingerprint density at radius 3 is 2.82 bits per heavy atom. The van der Waals surface area contributed by atoms with E-state index in [4.69, 9.17) is 4.74 Å². The second-order valence-corrected chi connectivity index (χ2v) is 6.46. The molecule has 0 aliphatic rings. The van der Waals surface area contributed by atoms with Crippen LogP contribution < -0.4 is 4.74 Å². The first-order valence-corrected chi connectivity index (χ1v) is 8.84. The zero-order chi connectivity index (χ0) is 19.1. The molecule has 0 N–H and O–H groups in total. The van der Waals surface area contributed by atoms with Gasteiger partial charge >= 0.3 is 0 Å². The van der Waals surface area contributed by atoms with Crippen molar-refractivity contribution in [1.29, 1.82) is 0 Å². The smallest absolute Gasteiger partial charge is 0.241 e. The van der Waals surface area contributed by atoms with Crippen molar-refractivity contribution in [3.05, 3.63) is 66.5 Å². The third-order valence-electron chi connectivity index (χ3n) is 4.67. The van der Waals surface area contributed by atoms with Crippen LogP contribution in [0.2, 0.25) is 0 Å². The van der Waals surface area contributed by atoms with E-state index in [1.165, 1.54) is 0 Å². The minimum absolute atomic E-state index is 0.523. The summed E-state index contributed by atoms with van der Waals surface area (Å²) in [5.74, 6) is 1.96. The number of fused-ring (bicyclic) bond motifs is 2. The average molecular weight is 371 g/mol. The van der Waals surface area contributed by atoms with Gasteiger partial charge in [-0.2, -0.15) is 4.98 Å². The van der Waals surface area contributed by atoms with Crippen LogP contribution in [0.5, 0.6) is 5.88 Å². The Morgan fingerprint density at radius 2 is 2.00 bits per heavy atom. The highest BCUT2D eigenvalue weighted by atomic mass is 16.5. The molecule has 5 aromatic heterocycles. The predicted octanol–water partition coefficient (Wildman–Crippen LogP) is 2.90. The molecule has 0 aliphatic heterocycles. The van der Waals surface area contributed by atoms with Gasteiger partial charge in [-0.15, -0.1) is 5.10 Å². The number of hydrogen-bond acceptors (Lipinski definition) is 6. The molecule has 0 spiro atoms. The summed E-state index contributed by atoms with van der Waals surface area (Å²) in [7, 11) is 1.60. The fraction of sp³-hybridized carbons (Fsp3) is 0.150. The monoisotopic (exact) mass is 371 g/mol. The molecule has 0 amide bonds. The second-order valence-electron chi connectivity index (χ2n) is 6.46. The van der Waals surface area contributed by atoms with Gasteiger partial charge in [0.15, 0.2) is 11.5 Å². The summed E-state index contributed by atoms with van der Waals surface area (Å²) in [6.45, 7) is 2.64. The van der Waals surface area contributed by atoms with Crippen LogP contribution in [0, 0.1) is 6.92 Å². The molecule has 0 fully saturated rings. The molecule has 8 heteroatoms. The lowest BCUT2D eigenvalue weighted by atomic mass is 10.2. The van der Waals surface area contributed by atoms with Crippen molar-refractivity contribution in [3.8, 4) is 17.3 Å². The normalized spacial score (nSPS) is 11.4. The van der Waals surface area contributed by atoms with E-state index in [1.54, 1.807) is 24.0 Å². The summed E-state index contributed by atoms with van der Waals surface area (Å²) in [4.78, 5) is 17.9. The topological polar surface area (TPSA) is 83.0 Å². The highest BCUT2D eigenvalue weighted by molar-refractivity contribution is 5.77. The van der Waals surface area contributed by atoms with Gasteiger partial charge in [-0.3, -0.25) is 4.98 Å². The summed E-state index contributed by atoms with van der Waals surface area (Å²) in [5, 5.41) is 4.59. The third kappa shape index (κ3) is 2.66. The van der Waals surface area contributed by atoms with Gasteiger partial charge in [0.25, 0.3) is 0 Å². The van der Waals surface area contributed by atoms with Crippen molar-refractivity contribution in [2.45, 2.75) is 13.5 Å². The molecular formula is C20H17N7O. The second kappa shape index (κ2) is 6.41. The minimum atomic E-state index is 0.523. The summed E-state index contributed by atoms with van der Waals surface area (Å²) in [6, 6.07) is 9.81. The van der Waals surface area contributed by atoms with Gasteiger partial charge in [0, 0.05) is 30.4 Å². The van der Waals surface area contributed by atoms with Gasteiger partial charge in [0.1, 0.15) is 11.3 Å². The van der Waals surface area contributed by atoms with Crippen molar-refractivity contribution in [3.63, 3.8) is 0 Å². The van der Waals surface area contributed by atoms with Gasteiger partial charge in [0.2, 0.25) is 5.88 Å². The van der Waals surface area contributed by atoms with Crippen molar-refractivity contribution >= 4 is 16.7 Å². The number of pyridine rings is 2. The molecule has 0 saturated heterocycles. The molecule has 5 aromatic rings. The maximum Gasteiger partial charge on any atom is 0.241 e. The highest BCUT2D eigenvalue weighted by Crippen LogP contribution is 2.25. The highest BCUT2D eigenvalue weighted by Gasteiger charge is 2.14. The molecule has 5 rings (SSSR count). The van der Waals surface area contributed by atoms with Crippen LogP contribution in [-0.2, 0) is 6.54 Å². The minimum Gasteiger partial charge on any atom is -0.479 e. The van der Waals surface area contributed by atoms with Crippen molar-refractivity contribution < 1.29 is 4.74 Å². The fourth-order valence-electron chi connectivity index (χ4n) is 3.29. The Morgan fingerprint density at radius 1 is 1.07 bits per heavy atom. The van der Waals surface area contributed by atoms with Crippen LogP contribution in [0.15, 0.2) is 55.1 Å². The zero-order valence-corrected chi connectivity index (χ0v) is 15.4. The van der Waals surface area contributed by atoms with E-state index >= 15 is 0 Å². The van der Waals surface area contributed by atoms with Gasteiger partial charge in [-0.1, -0.05) is 6.07 Å². The lowest BCUT2D eigenvalue weighted by molar-refractivity contribution is 0.399. The average Bonchev–Trinajstić information content (AvgIpc) is 3.32. The fourth-order valence-corrected chi connectivity index (χ4v) is 3.29. The number of rotatable bonds is 4. The lowest BCUT2D eigenvalue weighted by Crippen LogP contribution is -2.03. The number of methoxy groups -OCH3 is 1. The molecule has 8 nitrogen and oxygen atoms in total. The summed E-state index contributed by atoms with van der Waals surface area (Å²) < 4.78 is 9.30. The Hall–Kier alpha value is -3.81. The van der Waals surface area contributed by atoms with Crippen molar-refractivity contribution in [2.24, 2.45) is 0 Å². The summed E-state index contributed by atoms with van der Waals surface area (Å²) in [5.41, 5.74) is 4.33. The van der Waals surface area contributed by atoms with Crippen molar-refractivity contribution in [1.82, 2.24) is 34.1 Å². The number of aryl methyl sites for hydroxylation is 1. The first-order chi connectivity index (χ1) is 13.7. The third-order valence-corrected chi connectivity index (χ3v) is 4.67. The van der Waals surface area contributed by atoms with Gasteiger partial charge < -0.3 is 9.30 Å². The summed E-state index contributed by atoms with van der Waals surface area (Å²) >= 11 is 0. The first kappa shape index (κ1) is 16.4. The van der Waals surface area contributed by atoms with E-state index in [1.807, 2.05) is 49.6 Å². The molecule has 28 heavy (non-hydrogen) atoms. The van der Waals surface area contributed by atoms with Crippen LogP contribution in [0.4, 0.5) is 0 Å². The quantitative estimate of drug-likeness (QED) is 0.483. The van der Waals surface area contributed by atoms with E-state index in [0.29, 0.717) is 23.9 Å². The SMILES string of the molecule is COc1nc(-c2cnc3nc(C)n(Cc4cccnc4)c3c2)nn2cccc12. The molecule has 0 radical (unpaired) electrons. The van der Waals surface area contributed by atoms with E-state index in [-0.39, 0.29) is 0 Å². The largest absolute Gasteiger partial charge is 0.479 e. The molecular weight excluding hydrogens is 354 g/mol. The molecule has 138 valence electrons. The van der Waals surface area contributed by atoms with Crippen LogP contribution in [0.1, 0.15) is 11.4 Å². The Balaban J connectivity index is 1.64. The van der Waals surface area contributed by atoms with Crippen molar-refractivity contribution in [2.75, 3.05) is 7.11 Å². The maximum absolute atomic E-state index is 5.43. The number of nitrogens with zero attached hydrogens (tertiary/aromatic N) is 7. The molecule has 0 unspecified atom stereocenters. The Kier molecular flexibility index (Phi) is 3.75. The number of imidazole rings is 1. The number of ether oxygens (including phenoxy) is 1. The molecule has 0 saturated carbocycles. The lowest BCUT2D eigenvalue weighted by Gasteiger charge is -2.08. The van der Waals surface area contributed by atoms with E-state index in [2.05, 4.69) is 29.6 Å². The first-order valence-electron chi connectivity index (χ1n) is 8.84. The van der Waals surface area contributed by atoms with Gasteiger partial charge in [-0.25, -0.2) is 14.5 Å². The van der Waals surface area contributed by atoms with Gasteiger partial charge in [-0.05, 0) is 36.8 Å². The Bertz CT molecular complexity index is 1290. The number of hydrogen-bond donors (Lipinski definition) is 0. The molecule has 0 bridgehead atoms. The predicted molar refractivity (Wildman–Crippen MR) is 104 cm³/mol. The van der Waals surface area contributed by atoms with E-state index in [0.717, 1.165) is 28.0 Å². The zero-order valence-electron chi connectivity index (χ0n) is 15.4. The molecule has 0 aliphatic carbocycles. The van der Waals surface area contributed by atoms with Gasteiger partial charge in [0.05, 0.1) is 19.2 Å². The van der Waals surface area contributed by atoms with Crippen LogP contribution in [-0.4, -0.2) is 41.2 Å². The molecule has 5 heterocycles. The Labute approximate surface area is 160 Å². The standard InChI is InChI=1S/C20H17N7O/c1-13-23-19-17(26(13)12-14-5-3-7-21-10-14)9-15(11-22-19)18-24-20(28-2)16-6-4-8-27(16)25-18/h3-11H,12H2,1-2H3. The van der Waals surface area contributed by atoms with E-state index in [9.17, 15) is 0 Å². The molecule has 0 atom stereocenters. The van der Waals surface area contributed by atoms with E-state index < -0.39 is 0 Å². The van der Waals surface area contributed by atoms with Crippen LogP contribution in [0.25, 0.3) is 28.1 Å². The summed E-state index contributed by atoms with van der Waals surface area (Å²) in [6.07, 6.45) is 7.24. The number of aromatic nitrogens is 7. The van der Waals surface area contributed by atoms with Crippen LogP contribution >= 0.6 is 0 Å². The van der Waals surface area contributed by atoms with Crippen LogP contribution in [0.3, 0.4) is 0 Å². The molecule has 0 aromatic carbocycles.